The first-order valence-electron chi connectivity index (χ1n) is 7.93. The van der Waals surface area contributed by atoms with E-state index in [-0.39, 0.29) is 5.41 Å². The Morgan fingerprint density at radius 2 is 2.22 bits per heavy atom. The molecule has 0 unspecified atom stereocenters. The minimum atomic E-state index is -0.0530. The molecule has 2 aromatic rings. The third-order valence-corrected chi connectivity index (χ3v) is 5.01. The zero-order chi connectivity index (χ0) is 16.0. The molecule has 1 aliphatic heterocycles. The number of aromatic nitrogens is 2. The molecule has 1 spiro atoms. The van der Waals surface area contributed by atoms with Gasteiger partial charge < -0.3 is 15.8 Å². The number of nitrogens with zero attached hydrogens (tertiary/aromatic N) is 3. The van der Waals surface area contributed by atoms with Crippen LogP contribution in [0, 0.1) is 0 Å². The first kappa shape index (κ1) is 14.3. The minimum Gasteiger partial charge on any atom is -0.494 e. The summed E-state index contributed by atoms with van der Waals surface area (Å²) in [4.78, 5) is 4.62. The van der Waals surface area contributed by atoms with Crippen molar-refractivity contribution in [2.45, 2.75) is 31.2 Å². The van der Waals surface area contributed by atoms with Crippen molar-refractivity contribution in [1.29, 1.82) is 0 Å². The molecule has 3 N–H and O–H groups in total. The maximum absolute atomic E-state index is 6.23. The molecule has 120 valence electrons. The maximum Gasteiger partial charge on any atom is 0.144 e. The van der Waals surface area contributed by atoms with E-state index in [0.29, 0.717) is 0 Å². The highest BCUT2D eigenvalue weighted by Crippen LogP contribution is 2.53. The highest BCUT2D eigenvalue weighted by molar-refractivity contribution is 6.00. The van der Waals surface area contributed by atoms with Crippen molar-refractivity contribution in [3.63, 3.8) is 0 Å². The van der Waals surface area contributed by atoms with E-state index in [1.165, 1.54) is 12.0 Å². The summed E-state index contributed by atoms with van der Waals surface area (Å²) in [6.07, 6.45) is 7.21. The summed E-state index contributed by atoms with van der Waals surface area (Å²) >= 11 is 0. The van der Waals surface area contributed by atoms with Crippen LogP contribution in [0.15, 0.2) is 29.5 Å². The third kappa shape index (κ3) is 1.98. The van der Waals surface area contributed by atoms with Gasteiger partial charge in [-0.15, -0.1) is 0 Å². The Hall–Kier alpha value is -2.34. The molecule has 1 aromatic carbocycles. The molecule has 0 saturated heterocycles. The second-order valence-electron chi connectivity index (χ2n) is 6.30. The number of amidine groups is 1. The molecule has 1 aliphatic carbocycles. The lowest BCUT2D eigenvalue weighted by atomic mass is 9.64. The maximum atomic E-state index is 6.23. The SMILES string of the molecule is CNCc1cnn(-c2cc3c(cc2OC)C2(CCC2)C(N)=N3)c1. The van der Waals surface area contributed by atoms with Crippen molar-refractivity contribution >= 4 is 11.5 Å². The van der Waals surface area contributed by atoms with Crippen molar-refractivity contribution in [2.75, 3.05) is 14.2 Å². The zero-order valence-corrected chi connectivity index (χ0v) is 13.5. The molecule has 1 saturated carbocycles. The summed E-state index contributed by atoms with van der Waals surface area (Å²) in [5, 5.41) is 7.57. The Kier molecular flexibility index (Phi) is 3.16. The molecule has 0 bridgehead atoms. The molecule has 4 rings (SSSR count). The highest BCUT2D eigenvalue weighted by Gasteiger charge is 2.47. The van der Waals surface area contributed by atoms with Gasteiger partial charge in [-0.25, -0.2) is 9.67 Å². The second kappa shape index (κ2) is 5.09. The monoisotopic (exact) mass is 311 g/mol. The van der Waals surface area contributed by atoms with Gasteiger partial charge in [0.2, 0.25) is 0 Å². The van der Waals surface area contributed by atoms with Gasteiger partial charge in [0.25, 0.3) is 0 Å². The zero-order valence-electron chi connectivity index (χ0n) is 13.5. The first-order chi connectivity index (χ1) is 11.2. The van der Waals surface area contributed by atoms with E-state index in [9.17, 15) is 0 Å². The Morgan fingerprint density at radius 1 is 1.39 bits per heavy atom. The van der Waals surface area contributed by atoms with Crippen LogP contribution < -0.4 is 15.8 Å². The highest BCUT2D eigenvalue weighted by atomic mass is 16.5. The number of benzene rings is 1. The van der Waals surface area contributed by atoms with Crippen molar-refractivity contribution < 1.29 is 4.74 Å². The van der Waals surface area contributed by atoms with Gasteiger partial charge in [0.15, 0.2) is 0 Å². The third-order valence-electron chi connectivity index (χ3n) is 5.01. The molecule has 6 nitrogen and oxygen atoms in total. The molecule has 1 aromatic heterocycles. The number of aliphatic imine (C=N–C) groups is 1. The van der Waals surface area contributed by atoms with E-state index in [2.05, 4.69) is 21.5 Å². The summed E-state index contributed by atoms with van der Waals surface area (Å²) < 4.78 is 7.46. The van der Waals surface area contributed by atoms with Crippen LogP contribution in [0.2, 0.25) is 0 Å². The normalized spacial score (nSPS) is 17.7. The number of rotatable bonds is 4. The van der Waals surface area contributed by atoms with Crippen molar-refractivity contribution in [1.82, 2.24) is 15.1 Å². The van der Waals surface area contributed by atoms with Crippen LogP contribution in [0.3, 0.4) is 0 Å². The number of methoxy groups -OCH3 is 1. The molecule has 0 radical (unpaired) electrons. The average molecular weight is 311 g/mol. The lowest BCUT2D eigenvalue weighted by Crippen LogP contribution is -2.44. The van der Waals surface area contributed by atoms with Gasteiger partial charge in [-0.2, -0.15) is 5.10 Å². The fourth-order valence-electron chi connectivity index (χ4n) is 3.59. The van der Waals surface area contributed by atoms with Crippen molar-refractivity contribution in [3.8, 4) is 11.4 Å². The molecule has 23 heavy (non-hydrogen) atoms. The quantitative estimate of drug-likeness (QED) is 0.905. The van der Waals surface area contributed by atoms with Crippen LogP contribution in [0.5, 0.6) is 5.75 Å². The Balaban J connectivity index is 1.81. The van der Waals surface area contributed by atoms with Gasteiger partial charge in [-0.1, -0.05) is 6.42 Å². The number of nitrogens with two attached hydrogens (primary N) is 1. The largest absolute Gasteiger partial charge is 0.494 e. The van der Waals surface area contributed by atoms with E-state index >= 15 is 0 Å². The summed E-state index contributed by atoms with van der Waals surface area (Å²) in [5.74, 6) is 1.55. The van der Waals surface area contributed by atoms with Gasteiger partial charge in [0, 0.05) is 18.3 Å². The smallest absolute Gasteiger partial charge is 0.144 e. The van der Waals surface area contributed by atoms with E-state index < -0.39 is 0 Å². The molecule has 6 heteroatoms. The van der Waals surface area contributed by atoms with Crippen LogP contribution in [0.1, 0.15) is 30.4 Å². The van der Waals surface area contributed by atoms with Crippen molar-refractivity contribution in [3.05, 3.63) is 35.7 Å². The summed E-state index contributed by atoms with van der Waals surface area (Å²) in [7, 11) is 3.61. The fourth-order valence-corrected chi connectivity index (χ4v) is 3.59. The van der Waals surface area contributed by atoms with Crippen LogP contribution >= 0.6 is 0 Å². The Labute approximate surface area is 135 Å². The Bertz CT molecular complexity index is 788. The molecule has 0 amide bonds. The average Bonchev–Trinajstić information content (AvgIpc) is 3.06. The van der Waals surface area contributed by atoms with Crippen LogP contribution in [-0.4, -0.2) is 29.8 Å². The van der Waals surface area contributed by atoms with Gasteiger partial charge in [-0.05, 0) is 37.6 Å². The molecule has 2 aliphatic rings. The predicted octanol–water partition coefficient (Wildman–Crippen LogP) is 2.02. The number of nitrogens with one attached hydrogen (secondary N) is 1. The fraction of sp³-hybridized carbons (Fsp3) is 0.412. The van der Waals surface area contributed by atoms with Crippen LogP contribution in [0.25, 0.3) is 5.69 Å². The summed E-state index contributed by atoms with van der Waals surface area (Å²) in [6, 6.07) is 4.12. The number of ether oxygens (including phenoxy) is 1. The van der Waals surface area contributed by atoms with Crippen molar-refractivity contribution in [2.24, 2.45) is 10.7 Å². The van der Waals surface area contributed by atoms with E-state index in [1.807, 2.05) is 30.2 Å². The molecule has 1 fully saturated rings. The molecule has 0 atom stereocenters. The van der Waals surface area contributed by atoms with Crippen LogP contribution in [-0.2, 0) is 12.0 Å². The number of hydrogen-bond donors (Lipinski definition) is 2. The topological polar surface area (TPSA) is 77.5 Å². The number of hydrogen-bond acceptors (Lipinski definition) is 5. The van der Waals surface area contributed by atoms with Gasteiger partial charge in [0.05, 0.1) is 24.4 Å². The molecule has 2 heterocycles. The lowest BCUT2D eigenvalue weighted by Gasteiger charge is -2.39. The predicted molar refractivity (Wildman–Crippen MR) is 89.7 cm³/mol. The molecular formula is C17H21N5O. The van der Waals surface area contributed by atoms with E-state index in [0.717, 1.165) is 47.9 Å². The van der Waals surface area contributed by atoms with Gasteiger partial charge in [-0.3, -0.25) is 0 Å². The first-order valence-corrected chi connectivity index (χ1v) is 7.93. The second-order valence-corrected chi connectivity index (χ2v) is 6.30. The minimum absolute atomic E-state index is 0.0530. The lowest BCUT2D eigenvalue weighted by molar-refractivity contribution is 0.342. The van der Waals surface area contributed by atoms with E-state index in [4.69, 9.17) is 10.5 Å². The summed E-state index contributed by atoms with van der Waals surface area (Å²) in [5.41, 5.74) is 10.3. The number of fused-ring (bicyclic) bond motifs is 2. The summed E-state index contributed by atoms with van der Waals surface area (Å²) in [6.45, 7) is 0.779. The van der Waals surface area contributed by atoms with Gasteiger partial charge in [0.1, 0.15) is 17.3 Å². The van der Waals surface area contributed by atoms with E-state index in [1.54, 1.807) is 7.11 Å². The molecular weight excluding hydrogens is 290 g/mol. The Morgan fingerprint density at radius 3 is 2.87 bits per heavy atom. The van der Waals surface area contributed by atoms with Crippen LogP contribution in [0.4, 0.5) is 5.69 Å². The standard InChI is InChI=1S/C17H21N5O/c1-19-8-11-9-20-22(10-11)14-7-13-12(6-15(14)23-2)17(4-3-5-17)16(18)21-13/h6-7,9-10,19H,3-5,8H2,1-2H3,(H2,18,21). The van der Waals surface area contributed by atoms with Gasteiger partial charge >= 0.3 is 0 Å².